The summed E-state index contributed by atoms with van der Waals surface area (Å²) < 4.78 is 2.05. The van der Waals surface area contributed by atoms with Crippen LogP contribution >= 0.6 is 0 Å². The fraction of sp³-hybridized carbons (Fsp3) is 0.318. The van der Waals surface area contributed by atoms with Gasteiger partial charge in [0.25, 0.3) is 5.91 Å². The third-order valence-corrected chi connectivity index (χ3v) is 5.95. The summed E-state index contributed by atoms with van der Waals surface area (Å²) in [7, 11) is 0. The average molecular weight is 345 g/mol. The van der Waals surface area contributed by atoms with Gasteiger partial charge in [0.2, 0.25) is 0 Å². The van der Waals surface area contributed by atoms with Gasteiger partial charge in [0, 0.05) is 30.5 Å². The summed E-state index contributed by atoms with van der Waals surface area (Å²) in [6.07, 6.45) is 6.37. The molecule has 3 saturated heterocycles. The molecule has 0 spiro atoms. The van der Waals surface area contributed by atoms with Gasteiger partial charge >= 0.3 is 0 Å². The predicted molar refractivity (Wildman–Crippen MR) is 103 cm³/mol. The fourth-order valence-corrected chi connectivity index (χ4v) is 4.50. The summed E-state index contributed by atoms with van der Waals surface area (Å²) in [5, 5.41) is 3.29. The minimum absolute atomic E-state index is 0.0476. The van der Waals surface area contributed by atoms with Crippen LogP contribution in [0.5, 0.6) is 0 Å². The minimum atomic E-state index is 0.0476. The lowest BCUT2D eigenvalue weighted by Gasteiger charge is -2.44. The Morgan fingerprint density at radius 2 is 1.85 bits per heavy atom. The lowest BCUT2D eigenvalue weighted by molar-refractivity contribution is 0.0620. The van der Waals surface area contributed by atoms with Crippen molar-refractivity contribution in [2.75, 3.05) is 19.6 Å². The first-order valence-electron chi connectivity index (χ1n) is 9.47. The molecule has 1 aromatic carbocycles. The normalized spacial score (nSPS) is 24.7. The maximum absolute atomic E-state index is 12.9. The number of pyridine rings is 1. The van der Waals surface area contributed by atoms with Crippen molar-refractivity contribution in [3.8, 4) is 11.1 Å². The monoisotopic (exact) mass is 345 g/mol. The predicted octanol–water partition coefficient (Wildman–Crippen LogP) is 3.43. The Hall–Kier alpha value is -2.59. The van der Waals surface area contributed by atoms with Crippen LogP contribution in [0.3, 0.4) is 0 Å². The molecular formula is C22H23N3O. The Kier molecular flexibility index (Phi) is 3.79. The van der Waals surface area contributed by atoms with Crippen LogP contribution in [-0.4, -0.2) is 40.9 Å². The average Bonchev–Trinajstić information content (AvgIpc) is 3.14. The SMILES string of the molecule is O=C(N[C@H]1CN2CCC1CC2)c1cc2c(-c3ccccc3)cccn2c1. The Balaban J connectivity index is 1.44. The van der Waals surface area contributed by atoms with E-state index in [1.807, 2.05) is 47.1 Å². The minimum Gasteiger partial charge on any atom is -0.348 e. The molecule has 132 valence electrons. The molecule has 3 aromatic rings. The molecule has 1 atom stereocenters. The maximum Gasteiger partial charge on any atom is 0.253 e. The van der Waals surface area contributed by atoms with E-state index >= 15 is 0 Å². The van der Waals surface area contributed by atoms with Crippen LogP contribution in [0.15, 0.2) is 60.9 Å². The molecule has 1 amide bonds. The van der Waals surface area contributed by atoms with Gasteiger partial charge in [-0.05, 0) is 49.5 Å². The van der Waals surface area contributed by atoms with Gasteiger partial charge in [-0.2, -0.15) is 0 Å². The third-order valence-electron chi connectivity index (χ3n) is 5.95. The van der Waals surface area contributed by atoms with Gasteiger partial charge in [0.15, 0.2) is 0 Å². The Morgan fingerprint density at radius 1 is 1.04 bits per heavy atom. The molecule has 4 nitrogen and oxygen atoms in total. The van der Waals surface area contributed by atoms with Gasteiger partial charge in [0.1, 0.15) is 0 Å². The van der Waals surface area contributed by atoms with Gasteiger partial charge in [-0.1, -0.05) is 36.4 Å². The van der Waals surface area contributed by atoms with Crippen LogP contribution in [0.1, 0.15) is 23.2 Å². The smallest absolute Gasteiger partial charge is 0.253 e. The maximum atomic E-state index is 12.9. The molecular weight excluding hydrogens is 322 g/mol. The van der Waals surface area contributed by atoms with Gasteiger partial charge in [-0.15, -0.1) is 0 Å². The van der Waals surface area contributed by atoms with E-state index in [4.69, 9.17) is 0 Å². The van der Waals surface area contributed by atoms with Crippen LogP contribution in [0.4, 0.5) is 0 Å². The third kappa shape index (κ3) is 2.71. The number of aromatic nitrogens is 1. The van der Waals surface area contributed by atoms with Crippen molar-refractivity contribution < 1.29 is 4.79 Å². The summed E-state index contributed by atoms with van der Waals surface area (Å²) in [6, 6.07) is 16.8. The number of rotatable bonds is 3. The molecule has 4 heteroatoms. The van der Waals surface area contributed by atoms with E-state index in [1.165, 1.54) is 31.5 Å². The van der Waals surface area contributed by atoms with E-state index in [1.54, 1.807) is 0 Å². The molecule has 0 unspecified atom stereocenters. The summed E-state index contributed by atoms with van der Waals surface area (Å²) in [5.41, 5.74) is 4.12. The zero-order valence-corrected chi connectivity index (χ0v) is 14.8. The summed E-state index contributed by atoms with van der Waals surface area (Å²) >= 11 is 0. The van der Waals surface area contributed by atoms with Crippen LogP contribution in [0.2, 0.25) is 0 Å². The van der Waals surface area contributed by atoms with E-state index in [0.29, 0.717) is 12.0 Å². The molecule has 1 N–H and O–H groups in total. The molecule has 2 aromatic heterocycles. The first-order valence-corrected chi connectivity index (χ1v) is 9.47. The second-order valence-corrected chi connectivity index (χ2v) is 7.53. The molecule has 26 heavy (non-hydrogen) atoms. The summed E-state index contributed by atoms with van der Waals surface area (Å²) in [5.74, 6) is 0.687. The number of amides is 1. The molecule has 2 bridgehead atoms. The number of piperidine rings is 3. The van der Waals surface area contributed by atoms with E-state index in [9.17, 15) is 4.79 Å². The van der Waals surface area contributed by atoms with Crippen molar-refractivity contribution in [2.24, 2.45) is 5.92 Å². The lowest BCUT2D eigenvalue weighted by Crippen LogP contribution is -2.57. The second-order valence-electron chi connectivity index (χ2n) is 7.53. The Labute approximate surface area is 153 Å². The highest BCUT2D eigenvalue weighted by Gasteiger charge is 2.35. The van der Waals surface area contributed by atoms with Crippen molar-refractivity contribution in [3.05, 3.63) is 66.5 Å². The molecule has 0 saturated carbocycles. The largest absolute Gasteiger partial charge is 0.348 e. The number of hydrogen-bond acceptors (Lipinski definition) is 2. The Morgan fingerprint density at radius 3 is 2.58 bits per heavy atom. The lowest BCUT2D eigenvalue weighted by atomic mass is 9.84. The molecule has 3 fully saturated rings. The molecule has 5 heterocycles. The number of fused-ring (bicyclic) bond motifs is 4. The highest BCUT2D eigenvalue weighted by Crippen LogP contribution is 2.29. The highest BCUT2D eigenvalue weighted by molar-refractivity contribution is 5.97. The summed E-state index contributed by atoms with van der Waals surface area (Å²) in [6.45, 7) is 3.38. The van der Waals surface area contributed by atoms with Crippen molar-refractivity contribution in [1.29, 1.82) is 0 Å². The molecule has 0 aliphatic carbocycles. The number of hydrogen-bond donors (Lipinski definition) is 1. The number of carbonyl (C=O) groups is 1. The van der Waals surface area contributed by atoms with Crippen LogP contribution in [-0.2, 0) is 0 Å². The highest BCUT2D eigenvalue weighted by atomic mass is 16.1. The fourth-order valence-electron chi connectivity index (χ4n) is 4.50. The number of benzene rings is 1. The van der Waals surface area contributed by atoms with Crippen molar-refractivity contribution in [2.45, 2.75) is 18.9 Å². The first-order chi connectivity index (χ1) is 12.8. The van der Waals surface area contributed by atoms with E-state index in [2.05, 4.69) is 28.4 Å². The van der Waals surface area contributed by atoms with E-state index in [0.717, 1.165) is 23.2 Å². The quantitative estimate of drug-likeness (QED) is 0.790. The molecule has 0 radical (unpaired) electrons. The van der Waals surface area contributed by atoms with E-state index in [-0.39, 0.29) is 5.91 Å². The van der Waals surface area contributed by atoms with E-state index < -0.39 is 0 Å². The number of carbonyl (C=O) groups excluding carboxylic acids is 1. The molecule has 3 aliphatic heterocycles. The number of nitrogens with one attached hydrogen (secondary N) is 1. The van der Waals surface area contributed by atoms with Gasteiger partial charge in [-0.25, -0.2) is 0 Å². The van der Waals surface area contributed by atoms with Gasteiger partial charge < -0.3 is 14.6 Å². The number of nitrogens with zero attached hydrogens (tertiary/aromatic N) is 2. The van der Waals surface area contributed by atoms with Crippen LogP contribution < -0.4 is 5.32 Å². The zero-order chi connectivity index (χ0) is 17.5. The van der Waals surface area contributed by atoms with Crippen molar-refractivity contribution in [3.63, 3.8) is 0 Å². The Bertz CT molecular complexity index is 938. The molecule has 6 rings (SSSR count). The zero-order valence-electron chi connectivity index (χ0n) is 14.8. The summed E-state index contributed by atoms with van der Waals surface area (Å²) in [4.78, 5) is 15.3. The standard InChI is InChI=1S/C22H23N3O/c26-22(23-20-15-24-11-8-17(20)9-12-24)18-13-21-19(7-4-10-25(21)14-18)16-5-2-1-3-6-16/h1-7,10,13-14,17,20H,8-9,11-12,15H2,(H,23,26)/t20-/m0/s1. The molecule has 3 aliphatic rings. The van der Waals surface area contributed by atoms with Gasteiger partial charge in [-0.3, -0.25) is 4.79 Å². The van der Waals surface area contributed by atoms with Crippen molar-refractivity contribution in [1.82, 2.24) is 14.6 Å². The van der Waals surface area contributed by atoms with Crippen LogP contribution in [0.25, 0.3) is 16.6 Å². The van der Waals surface area contributed by atoms with Crippen molar-refractivity contribution >= 4 is 11.4 Å². The first kappa shape index (κ1) is 15.6. The topological polar surface area (TPSA) is 36.8 Å². The van der Waals surface area contributed by atoms with Crippen LogP contribution in [0, 0.1) is 5.92 Å². The van der Waals surface area contributed by atoms with Gasteiger partial charge in [0.05, 0.1) is 11.1 Å². The second kappa shape index (κ2) is 6.29.